The average Bonchev–Trinajstić information content (AvgIpc) is 2.76. The summed E-state index contributed by atoms with van der Waals surface area (Å²) >= 11 is 0. The molecule has 3 fully saturated rings. The van der Waals surface area contributed by atoms with E-state index < -0.39 is 5.82 Å². The van der Waals surface area contributed by atoms with Crippen molar-refractivity contribution in [2.45, 2.75) is 45.4 Å². The number of fused-ring (bicyclic) bond motifs is 3. The van der Waals surface area contributed by atoms with Gasteiger partial charge in [0.1, 0.15) is 11.6 Å². The third-order valence-electron chi connectivity index (χ3n) is 6.27. The summed E-state index contributed by atoms with van der Waals surface area (Å²) in [6.07, 6.45) is 3.54. The molecule has 1 aromatic carbocycles. The lowest BCUT2D eigenvalue weighted by Gasteiger charge is -2.47. The number of rotatable bonds is 4. The van der Waals surface area contributed by atoms with Gasteiger partial charge in [-0.2, -0.15) is 10.4 Å². The smallest absolute Gasteiger partial charge is 0.157 e. The van der Waals surface area contributed by atoms with E-state index in [0.717, 1.165) is 52.9 Å². The van der Waals surface area contributed by atoms with Gasteiger partial charge in [-0.15, -0.1) is 5.10 Å². The van der Waals surface area contributed by atoms with Gasteiger partial charge in [0.05, 0.1) is 35.6 Å². The summed E-state index contributed by atoms with van der Waals surface area (Å²) in [6.45, 7) is 7.34. The predicted octanol–water partition coefficient (Wildman–Crippen LogP) is 3.80. The van der Waals surface area contributed by atoms with Crippen LogP contribution >= 0.6 is 0 Å². The quantitative estimate of drug-likeness (QED) is 0.689. The van der Waals surface area contributed by atoms with E-state index in [1.54, 1.807) is 0 Å². The summed E-state index contributed by atoms with van der Waals surface area (Å²) in [5.41, 5.74) is 2.60. The Labute approximate surface area is 179 Å². The highest BCUT2D eigenvalue weighted by molar-refractivity contribution is 5.94. The lowest BCUT2D eigenvalue weighted by molar-refractivity contribution is -0.133. The van der Waals surface area contributed by atoms with Crippen molar-refractivity contribution in [2.24, 2.45) is 0 Å². The molecule has 0 radical (unpaired) electrons. The Morgan fingerprint density at radius 2 is 1.94 bits per heavy atom. The van der Waals surface area contributed by atoms with Crippen LogP contribution in [0.15, 0.2) is 24.4 Å². The molecule has 3 aliphatic rings. The molecule has 2 unspecified atom stereocenters. The Morgan fingerprint density at radius 1 is 1.19 bits per heavy atom. The minimum Gasteiger partial charge on any atom is -0.371 e. The Kier molecular flexibility index (Phi) is 4.71. The molecule has 3 aliphatic heterocycles. The molecule has 1 N–H and O–H groups in total. The average molecular weight is 418 g/mol. The number of nitrogens with zero attached hydrogens (tertiary/aromatic N) is 5. The number of hydrogen-bond acceptors (Lipinski definition) is 7. The summed E-state index contributed by atoms with van der Waals surface area (Å²) in [5, 5.41) is 23.2. The van der Waals surface area contributed by atoms with Gasteiger partial charge in [0.15, 0.2) is 5.82 Å². The van der Waals surface area contributed by atoms with Crippen molar-refractivity contribution in [3.8, 4) is 6.07 Å². The SMILES string of the molecule is Cc1c(C#N)cc(F)cc1[C@@H](C)Nc1nnc(C)c2cnc(N3CC4CC(C3)O4)cc12. The number of halogens is 1. The van der Waals surface area contributed by atoms with Gasteiger partial charge in [0.25, 0.3) is 0 Å². The molecular formula is C23H23FN6O. The Hall–Kier alpha value is -3.31. The van der Waals surface area contributed by atoms with Gasteiger partial charge in [-0.1, -0.05) is 0 Å². The molecule has 7 nitrogen and oxygen atoms in total. The molecule has 0 aliphatic carbocycles. The molecule has 3 saturated heterocycles. The van der Waals surface area contributed by atoms with E-state index in [0.29, 0.717) is 11.4 Å². The summed E-state index contributed by atoms with van der Waals surface area (Å²) in [6, 6.07) is 6.56. The van der Waals surface area contributed by atoms with Crippen LogP contribution in [0.4, 0.5) is 16.0 Å². The number of aryl methyl sites for hydroxylation is 1. The van der Waals surface area contributed by atoms with E-state index in [1.165, 1.54) is 12.1 Å². The van der Waals surface area contributed by atoms with Gasteiger partial charge >= 0.3 is 0 Å². The van der Waals surface area contributed by atoms with E-state index in [9.17, 15) is 9.65 Å². The van der Waals surface area contributed by atoms with Crippen LogP contribution in [0.25, 0.3) is 10.8 Å². The molecule has 31 heavy (non-hydrogen) atoms. The second kappa shape index (κ2) is 7.43. The van der Waals surface area contributed by atoms with Crippen molar-refractivity contribution in [2.75, 3.05) is 23.3 Å². The zero-order chi connectivity index (χ0) is 21.7. The molecule has 0 saturated carbocycles. The molecular weight excluding hydrogens is 395 g/mol. The summed E-state index contributed by atoms with van der Waals surface area (Å²) < 4.78 is 19.8. The maximum absolute atomic E-state index is 14.1. The van der Waals surface area contributed by atoms with Crippen LogP contribution < -0.4 is 10.2 Å². The minimum absolute atomic E-state index is 0.268. The lowest BCUT2D eigenvalue weighted by atomic mass is 9.97. The first-order valence-electron chi connectivity index (χ1n) is 10.4. The van der Waals surface area contributed by atoms with Crippen LogP contribution in [-0.4, -0.2) is 40.5 Å². The monoisotopic (exact) mass is 418 g/mol. The first-order chi connectivity index (χ1) is 14.9. The van der Waals surface area contributed by atoms with Crippen LogP contribution in [0, 0.1) is 31.0 Å². The number of hydrogen-bond donors (Lipinski definition) is 1. The second-order valence-corrected chi connectivity index (χ2v) is 8.39. The standard InChI is InChI=1S/C23H23FN6O/c1-12-15(8-25)4-16(24)5-19(12)13(2)27-23-20-7-22(26-9-21(20)14(3)28-29-23)30-10-17-6-18(11-30)31-17/h4-5,7,9,13,17-18H,6,10-11H2,1-3H3,(H,27,29)/t13-,17?,18?/m1/s1. The van der Waals surface area contributed by atoms with Crippen LogP contribution in [0.1, 0.15) is 41.8 Å². The molecule has 3 aromatic rings. The molecule has 2 bridgehead atoms. The highest BCUT2D eigenvalue weighted by Gasteiger charge is 2.38. The molecule has 0 amide bonds. The molecule has 5 heterocycles. The van der Waals surface area contributed by atoms with E-state index in [2.05, 4.69) is 31.5 Å². The van der Waals surface area contributed by atoms with Gasteiger partial charge in [-0.3, -0.25) is 0 Å². The van der Waals surface area contributed by atoms with Gasteiger partial charge in [-0.05, 0) is 50.1 Å². The highest BCUT2D eigenvalue weighted by atomic mass is 19.1. The summed E-state index contributed by atoms with van der Waals surface area (Å²) in [4.78, 5) is 6.91. The first-order valence-corrected chi connectivity index (χ1v) is 10.4. The molecule has 8 heteroatoms. The van der Waals surface area contributed by atoms with Crippen molar-refractivity contribution in [1.82, 2.24) is 15.2 Å². The second-order valence-electron chi connectivity index (χ2n) is 8.39. The predicted molar refractivity (Wildman–Crippen MR) is 115 cm³/mol. The Bertz CT molecular complexity index is 1210. The van der Waals surface area contributed by atoms with E-state index >= 15 is 0 Å². The van der Waals surface area contributed by atoms with Crippen LogP contribution in [0.3, 0.4) is 0 Å². The lowest BCUT2D eigenvalue weighted by Crippen LogP contribution is -2.57. The zero-order valence-corrected chi connectivity index (χ0v) is 17.7. The molecule has 0 spiro atoms. The summed E-state index contributed by atoms with van der Waals surface area (Å²) in [7, 11) is 0. The molecule has 2 aromatic heterocycles. The molecule has 3 atom stereocenters. The highest BCUT2D eigenvalue weighted by Crippen LogP contribution is 2.34. The molecule has 158 valence electrons. The fourth-order valence-electron chi connectivity index (χ4n) is 4.53. The van der Waals surface area contributed by atoms with E-state index in [-0.39, 0.29) is 18.2 Å². The number of anilines is 2. The number of aromatic nitrogens is 3. The van der Waals surface area contributed by atoms with Gasteiger partial charge in [-0.25, -0.2) is 9.37 Å². The van der Waals surface area contributed by atoms with Crippen LogP contribution in [0.5, 0.6) is 0 Å². The maximum Gasteiger partial charge on any atom is 0.157 e. The van der Waals surface area contributed by atoms with Crippen molar-refractivity contribution < 1.29 is 9.13 Å². The van der Waals surface area contributed by atoms with Crippen LogP contribution in [0.2, 0.25) is 0 Å². The van der Waals surface area contributed by atoms with E-state index in [1.807, 2.05) is 33.0 Å². The van der Waals surface area contributed by atoms with Crippen molar-refractivity contribution in [3.63, 3.8) is 0 Å². The fourth-order valence-corrected chi connectivity index (χ4v) is 4.53. The largest absolute Gasteiger partial charge is 0.371 e. The third kappa shape index (κ3) is 3.45. The van der Waals surface area contributed by atoms with Gasteiger partial charge < -0.3 is 15.0 Å². The summed E-state index contributed by atoms with van der Waals surface area (Å²) in [5.74, 6) is 1.07. The Morgan fingerprint density at radius 3 is 2.65 bits per heavy atom. The first kappa shape index (κ1) is 19.6. The Balaban J connectivity index is 1.51. The molecule has 6 rings (SSSR count). The fraction of sp³-hybridized carbons (Fsp3) is 0.391. The van der Waals surface area contributed by atoms with Gasteiger partial charge in [0, 0.05) is 36.5 Å². The number of pyridine rings is 1. The van der Waals surface area contributed by atoms with Crippen LogP contribution in [-0.2, 0) is 4.74 Å². The number of nitriles is 1. The van der Waals surface area contributed by atoms with Gasteiger partial charge in [0.2, 0.25) is 0 Å². The zero-order valence-electron chi connectivity index (χ0n) is 17.7. The third-order valence-corrected chi connectivity index (χ3v) is 6.27. The van der Waals surface area contributed by atoms with E-state index in [4.69, 9.17) is 4.74 Å². The van der Waals surface area contributed by atoms with Crippen molar-refractivity contribution in [3.05, 3.63) is 52.6 Å². The maximum atomic E-state index is 14.1. The van der Waals surface area contributed by atoms with Crippen molar-refractivity contribution in [1.29, 1.82) is 5.26 Å². The number of ether oxygens (including phenoxy) is 1. The number of morpholine rings is 1. The number of piperidine rings is 1. The number of nitrogens with one attached hydrogen (secondary N) is 1. The number of benzene rings is 1. The normalized spacial score (nSPS) is 20.8. The minimum atomic E-state index is -0.428. The van der Waals surface area contributed by atoms with Crippen molar-refractivity contribution >= 4 is 22.4 Å². The topological polar surface area (TPSA) is 87.0 Å².